The number of amides is 1. The Morgan fingerprint density at radius 3 is 2.71 bits per heavy atom. The van der Waals surface area contributed by atoms with Gasteiger partial charge in [0.1, 0.15) is 11.5 Å². The Hall–Kier alpha value is -3.03. The molecule has 0 aliphatic carbocycles. The zero-order valence-corrected chi connectivity index (χ0v) is 13.1. The monoisotopic (exact) mass is 331 g/mol. The van der Waals surface area contributed by atoms with Crippen molar-refractivity contribution in [3.8, 4) is 0 Å². The molecule has 2 heterocycles. The number of carbonyl (C=O) groups is 1. The Labute approximate surface area is 136 Å². The number of nitrogens with one attached hydrogen (secondary N) is 1. The third kappa shape index (κ3) is 3.03. The summed E-state index contributed by atoms with van der Waals surface area (Å²) in [5.74, 6) is -1.58. The number of benzene rings is 1. The highest BCUT2D eigenvalue weighted by molar-refractivity contribution is 5.93. The molecule has 0 fully saturated rings. The molecule has 124 valence electrons. The highest BCUT2D eigenvalue weighted by Gasteiger charge is 2.14. The second kappa shape index (κ2) is 6.23. The van der Waals surface area contributed by atoms with Crippen LogP contribution in [-0.2, 0) is 6.54 Å². The van der Waals surface area contributed by atoms with Crippen LogP contribution in [0.4, 0.5) is 14.6 Å². The predicted molar refractivity (Wildman–Crippen MR) is 84.8 cm³/mol. The van der Waals surface area contributed by atoms with Gasteiger partial charge in [-0.15, -0.1) is 0 Å². The molecule has 0 radical (unpaired) electrons. The van der Waals surface area contributed by atoms with Gasteiger partial charge in [-0.05, 0) is 17.7 Å². The summed E-state index contributed by atoms with van der Waals surface area (Å²) >= 11 is 0. The molecule has 0 atom stereocenters. The summed E-state index contributed by atoms with van der Waals surface area (Å²) in [6.45, 7) is 0.0689. The van der Waals surface area contributed by atoms with Crippen molar-refractivity contribution in [2.45, 2.75) is 6.54 Å². The molecular weight excluding hydrogens is 316 g/mol. The van der Waals surface area contributed by atoms with Crippen LogP contribution >= 0.6 is 0 Å². The van der Waals surface area contributed by atoms with Crippen molar-refractivity contribution in [2.75, 3.05) is 19.0 Å². The Morgan fingerprint density at radius 1 is 1.21 bits per heavy atom. The van der Waals surface area contributed by atoms with Crippen LogP contribution in [0.15, 0.2) is 36.5 Å². The van der Waals surface area contributed by atoms with Crippen LogP contribution in [0.25, 0.3) is 5.65 Å². The maximum atomic E-state index is 13.2. The van der Waals surface area contributed by atoms with E-state index in [-0.39, 0.29) is 12.2 Å². The standard InChI is InChI=1S/C16H15F2N5O/c1-22(2)15-8-13(21-14-5-6-20-23(14)15)16(24)19-9-10-3-4-11(17)12(18)7-10/h3-8H,9H2,1-2H3,(H,19,24). The first-order chi connectivity index (χ1) is 11.5. The molecule has 3 rings (SSSR count). The maximum absolute atomic E-state index is 13.2. The SMILES string of the molecule is CN(C)c1cc(C(=O)NCc2ccc(F)c(F)c2)nc2ccnn12. The van der Waals surface area contributed by atoms with Crippen LogP contribution in [0.1, 0.15) is 16.1 Å². The molecule has 2 aromatic heterocycles. The van der Waals surface area contributed by atoms with E-state index in [1.807, 2.05) is 19.0 Å². The summed E-state index contributed by atoms with van der Waals surface area (Å²) in [5, 5.41) is 6.80. The Morgan fingerprint density at radius 2 is 2.00 bits per heavy atom. The summed E-state index contributed by atoms with van der Waals surface area (Å²) in [6.07, 6.45) is 1.60. The van der Waals surface area contributed by atoms with Crippen LogP contribution in [0, 0.1) is 11.6 Å². The van der Waals surface area contributed by atoms with Gasteiger partial charge in [-0.1, -0.05) is 6.07 Å². The van der Waals surface area contributed by atoms with Crippen molar-refractivity contribution in [3.63, 3.8) is 0 Å². The van der Waals surface area contributed by atoms with Gasteiger partial charge in [-0.25, -0.2) is 13.8 Å². The molecule has 1 amide bonds. The number of fused-ring (bicyclic) bond motifs is 1. The molecule has 0 bridgehead atoms. The Bertz CT molecular complexity index is 907. The van der Waals surface area contributed by atoms with Gasteiger partial charge in [0.05, 0.1) is 6.20 Å². The number of hydrogen-bond donors (Lipinski definition) is 1. The first-order valence-corrected chi connectivity index (χ1v) is 7.20. The third-order valence-corrected chi connectivity index (χ3v) is 3.47. The van der Waals surface area contributed by atoms with Gasteiger partial charge in [-0.2, -0.15) is 9.61 Å². The predicted octanol–water partition coefficient (Wildman–Crippen LogP) is 2.00. The van der Waals surface area contributed by atoms with Crippen molar-refractivity contribution in [2.24, 2.45) is 0 Å². The molecule has 6 nitrogen and oxygen atoms in total. The average Bonchev–Trinajstić information content (AvgIpc) is 3.03. The van der Waals surface area contributed by atoms with E-state index in [1.165, 1.54) is 6.07 Å². The van der Waals surface area contributed by atoms with Crippen LogP contribution in [0.3, 0.4) is 0 Å². The van der Waals surface area contributed by atoms with E-state index in [0.717, 1.165) is 12.1 Å². The number of halogens is 2. The maximum Gasteiger partial charge on any atom is 0.270 e. The Balaban J connectivity index is 1.82. The van der Waals surface area contributed by atoms with Gasteiger partial charge >= 0.3 is 0 Å². The number of aromatic nitrogens is 3. The summed E-state index contributed by atoms with van der Waals surface area (Å²) in [5.41, 5.74) is 1.22. The van der Waals surface area contributed by atoms with Gasteiger partial charge < -0.3 is 10.2 Å². The average molecular weight is 331 g/mol. The Kier molecular flexibility index (Phi) is 4.11. The zero-order chi connectivity index (χ0) is 17.3. The molecule has 0 spiro atoms. The summed E-state index contributed by atoms with van der Waals surface area (Å²) in [6, 6.07) is 6.79. The fraction of sp³-hybridized carbons (Fsp3) is 0.188. The molecule has 0 saturated heterocycles. The second-order valence-corrected chi connectivity index (χ2v) is 5.43. The minimum Gasteiger partial charge on any atom is -0.363 e. The van der Waals surface area contributed by atoms with E-state index in [4.69, 9.17) is 0 Å². The third-order valence-electron chi connectivity index (χ3n) is 3.47. The van der Waals surface area contributed by atoms with Gasteiger partial charge in [0.2, 0.25) is 0 Å². The molecule has 0 unspecified atom stereocenters. The van der Waals surface area contributed by atoms with E-state index in [9.17, 15) is 13.6 Å². The molecule has 1 N–H and O–H groups in total. The minimum atomic E-state index is -0.949. The summed E-state index contributed by atoms with van der Waals surface area (Å²) in [7, 11) is 3.67. The fourth-order valence-corrected chi connectivity index (χ4v) is 2.25. The smallest absolute Gasteiger partial charge is 0.270 e. The topological polar surface area (TPSA) is 62.5 Å². The molecule has 8 heteroatoms. The molecular formula is C16H15F2N5O. The zero-order valence-electron chi connectivity index (χ0n) is 13.1. The number of hydrogen-bond acceptors (Lipinski definition) is 4. The lowest BCUT2D eigenvalue weighted by molar-refractivity contribution is 0.0946. The molecule has 0 aliphatic rings. The van der Waals surface area contributed by atoms with Crippen LogP contribution in [0.5, 0.6) is 0 Å². The first-order valence-electron chi connectivity index (χ1n) is 7.20. The number of rotatable bonds is 4. The largest absolute Gasteiger partial charge is 0.363 e. The van der Waals surface area contributed by atoms with Gasteiger partial charge in [0, 0.05) is 32.8 Å². The highest BCUT2D eigenvalue weighted by Crippen LogP contribution is 2.15. The van der Waals surface area contributed by atoms with Crippen LogP contribution < -0.4 is 10.2 Å². The van der Waals surface area contributed by atoms with Crippen LogP contribution in [0.2, 0.25) is 0 Å². The summed E-state index contributed by atoms with van der Waals surface area (Å²) < 4.78 is 27.7. The van der Waals surface area contributed by atoms with E-state index in [0.29, 0.717) is 17.0 Å². The summed E-state index contributed by atoms with van der Waals surface area (Å²) in [4.78, 5) is 18.4. The lowest BCUT2D eigenvalue weighted by atomic mass is 10.2. The van der Waals surface area contributed by atoms with E-state index in [1.54, 1.807) is 22.8 Å². The van der Waals surface area contributed by atoms with Crippen molar-refractivity contribution in [1.29, 1.82) is 0 Å². The van der Waals surface area contributed by atoms with Crippen LogP contribution in [-0.4, -0.2) is 34.6 Å². The quantitative estimate of drug-likeness (QED) is 0.794. The first kappa shape index (κ1) is 15.9. The van der Waals surface area contributed by atoms with Gasteiger partial charge in [0.25, 0.3) is 5.91 Å². The highest BCUT2D eigenvalue weighted by atomic mass is 19.2. The van der Waals surface area contributed by atoms with Crippen molar-refractivity contribution in [3.05, 3.63) is 59.4 Å². The fourth-order valence-electron chi connectivity index (χ4n) is 2.25. The van der Waals surface area contributed by atoms with Crippen molar-refractivity contribution >= 4 is 17.4 Å². The number of carbonyl (C=O) groups excluding carboxylic acids is 1. The van der Waals surface area contributed by atoms with Gasteiger partial charge in [0.15, 0.2) is 17.3 Å². The second-order valence-electron chi connectivity index (χ2n) is 5.43. The molecule has 24 heavy (non-hydrogen) atoms. The lowest BCUT2D eigenvalue weighted by Gasteiger charge is -2.15. The van der Waals surface area contributed by atoms with Crippen molar-refractivity contribution in [1.82, 2.24) is 19.9 Å². The molecule has 3 aromatic rings. The van der Waals surface area contributed by atoms with Gasteiger partial charge in [-0.3, -0.25) is 4.79 Å². The normalized spacial score (nSPS) is 10.8. The molecule has 1 aromatic carbocycles. The van der Waals surface area contributed by atoms with E-state index < -0.39 is 17.5 Å². The number of nitrogens with zero attached hydrogens (tertiary/aromatic N) is 4. The van der Waals surface area contributed by atoms with E-state index in [2.05, 4.69) is 15.4 Å². The lowest BCUT2D eigenvalue weighted by Crippen LogP contribution is -2.25. The van der Waals surface area contributed by atoms with Crippen molar-refractivity contribution < 1.29 is 13.6 Å². The number of anilines is 1. The molecule has 0 aliphatic heterocycles. The molecule has 0 saturated carbocycles. The minimum absolute atomic E-state index is 0.0689. The van der Waals surface area contributed by atoms with E-state index >= 15 is 0 Å².